The molecule has 3 nitrogen and oxygen atoms in total. The number of thioether (sulfide) groups is 1. The van der Waals surface area contributed by atoms with Gasteiger partial charge in [-0.05, 0) is 5.75 Å². The van der Waals surface area contributed by atoms with Gasteiger partial charge in [-0.1, -0.05) is 18.3 Å². The minimum absolute atomic E-state index is 0.900. The summed E-state index contributed by atoms with van der Waals surface area (Å²) in [7, 11) is 1.86. The van der Waals surface area contributed by atoms with Crippen LogP contribution in [-0.2, 0) is 5.75 Å². The van der Waals surface area contributed by atoms with Crippen LogP contribution in [0.3, 0.4) is 0 Å². The topological polar surface area (TPSA) is 37.8 Å². The van der Waals surface area contributed by atoms with Crippen molar-refractivity contribution in [1.82, 2.24) is 10.2 Å². The molecular weight excluding hydrogens is 178 g/mol. The summed E-state index contributed by atoms with van der Waals surface area (Å²) in [4.78, 5) is 0. The van der Waals surface area contributed by atoms with Crippen LogP contribution in [0.4, 0.5) is 5.13 Å². The Hall–Kier alpha value is -0.290. The zero-order valence-corrected chi connectivity index (χ0v) is 8.26. The van der Waals surface area contributed by atoms with Gasteiger partial charge in [0.2, 0.25) is 5.13 Å². The molecule has 1 rings (SSSR count). The number of nitrogens with one attached hydrogen (secondary N) is 1. The monoisotopic (exact) mass is 189 g/mol. The Kier molecular flexibility index (Phi) is 3.65. The van der Waals surface area contributed by atoms with Crippen molar-refractivity contribution in [2.45, 2.75) is 12.7 Å². The second kappa shape index (κ2) is 4.56. The van der Waals surface area contributed by atoms with Crippen LogP contribution in [-0.4, -0.2) is 23.0 Å². The molecule has 0 aliphatic carbocycles. The molecule has 0 unspecified atom stereocenters. The standard InChI is InChI=1S/C6H11N3S2/c1-3-10-4-5-8-9-6(7-2)11-5/h3-4H2,1-2H3,(H,7,9). The first-order chi connectivity index (χ1) is 5.36. The van der Waals surface area contributed by atoms with Crippen molar-refractivity contribution in [2.75, 3.05) is 18.1 Å². The minimum Gasteiger partial charge on any atom is -0.363 e. The summed E-state index contributed by atoms with van der Waals surface area (Å²) < 4.78 is 0. The lowest BCUT2D eigenvalue weighted by Crippen LogP contribution is -1.84. The van der Waals surface area contributed by atoms with E-state index < -0.39 is 0 Å². The lowest BCUT2D eigenvalue weighted by Gasteiger charge is -1.89. The highest BCUT2D eigenvalue weighted by Crippen LogP contribution is 2.18. The first-order valence-corrected chi connectivity index (χ1v) is 5.41. The van der Waals surface area contributed by atoms with E-state index in [0.717, 1.165) is 21.6 Å². The third kappa shape index (κ3) is 2.67. The molecule has 1 aromatic rings. The molecule has 1 heterocycles. The van der Waals surface area contributed by atoms with Crippen molar-refractivity contribution in [3.05, 3.63) is 5.01 Å². The van der Waals surface area contributed by atoms with Crippen LogP contribution in [0, 0.1) is 0 Å². The molecule has 62 valence electrons. The van der Waals surface area contributed by atoms with Gasteiger partial charge in [-0.15, -0.1) is 10.2 Å². The molecule has 0 radical (unpaired) electrons. The summed E-state index contributed by atoms with van der Waals surface area (Å²) in [5, 5.41) is 12.9. The normalized spacial score (nSPS) is 10.0. The lowest BCUT2D eigenvalue weighted by atomic mass is 10.8. The van der Waals surface area contributed by atoms with Gasteiger partial charge in [-0.25, -0.2) is 0 Å². The van der Waals surface area contributed by atoms with E-state index in [-0.39, 0.29) is 0 Å². The molecule has 0 aliphatic heterocycles. The summed E-state index contributed by atoms with van der Waals surface area (Å²) in [6.07, 6.45) is 0. The molecule has 0 fully saturated rings. The Bertz CT molecular complexity index is 211. The second-order valence-corrected chi connectivity index (χ2v) is 4.22. The molecule has 1 N–H and O–H groups in total. The molecule has 5 heteroatoms. The molecular formula is C6H11N3S2. The summed E-state index contributed by atoms with van der Waals surface area (Å²) >= 11 is 3.48. The molecule has 0 saturated heterocycles. The lowest BCUT2D eigenvalue weighted by molar-refractivity contribution is 1.04. The van der Waals surface area contributed by atoms with E-state index in [1.165, 1.54) is 0 Å². The van der Waals surface area contributed by atoms with Gasteiger partial charge in [0.1, 0.15) is 5.01 Å². The fourth-order valence-electron chi connectivity index (χ4n) is 0.602. The molecule has 1 aromatic heterocycles. The number of nitrogens with zero attached hydrogens (tertiary/aromatic N) is 2. The fourth-order valence-corrected chi connectivity index (χ4v) is 2.01. The Morgan fingerprint density at radius 1 is 1.55 bits per heavy atom. The van der Waals surface area contributed by atoms with E-state index in [4.69, 9.17) is 0 Å². The van der Waals surface area contributed by atoms with Gasteiger partial charge in [0, 0.05) is 12.8 Å². The van der Waals surface area contributed by atoms with E-state index in [2.05, 4.69) is 22.4 Å². The second-order valence-electron chi connectivity index (χ2n) is 1.89. The fraction of sp³-hybridized carbons (Fsp3) is 0.667. The maximum atomic E-state index is 4.01. The highest BCUT2D eigenvalue weighted by molar-refractivity contribution is 7.98. The van der Waals surface area contributed by atoms with E-state index in [1.54, 1.807) is 11.3 Å². The molecule has 0 aliphatic rings. The molecule has 0 spiro atoms. The van der Waals surface area contributed by atoms with Crippen LogP contribution in [0.5, 0.6) is 0 Å². The first-order valence-electron chi connectivity index (χ1n) is 3.44. The summed E-state index contributed by atoms with van der Waals surface area (Å²) in [5.74, 6) is 2.12. The third-order valence-electron chi connectivity index (χ3n) is 1.11. The molecule has 0 amide bonds. The van der Waals surface area contributed by atoms with Crippen LogP contribution in [0.15, 0.2) is 0 Å². The van der Waals surface area contributed by atoms with Crippen molar-refractivity contribution in [3.8, 4) is 0 Å². The summed E-state index contributed by atoms with van der Waals surface area (Å²) in [6.45, 7) is 2.14. The highest BCUT2D eigenvalue weighted by atomic mass is 32.2. The average Bonchev–Trinajstić information content (AvgIpc) is 2.48. The SMILES string of the molecule is CCSCc1nnc(NC)s1. The molecule has 11 heavy (non-hydrogen) atoms. The Labute approximate surface area is 74.6 Å². The van der Waals surface area contributed by atoms with E-state index >= 15 is 0 Å². The van der Waals surface area contributed by atoms with Gasteiger partial charge in [-0.3, -0.25) is 0 Å². The van der Waals surface area contributed by atoms with Gasteiger partial charge >= 0.3 is 0 Å². The van der Waals surface area contributed by atoms with Gasteiger partial charge in [0.25, 0.3) is 0 Å². The van der Waals surface area contributed by atoms with Gasteiger partial charge in [0.15, 0.2) is 0 Å². The van der Waals surface area contributed by atoms with Crippen molar-refractivity contribution in [2.24, 2.45) is 0 Å². The number of aromatic nitrogens is 2. The van der Waals surface area contributed by atoms with Crippen molar-refractivity contribution < 1.29 is 0 Å². The van der Waals surface area contributed by atoms with Crippen LogP contribution in [0.2, 0.25) is 0 Å². The van der Waals surface area contributed by atoms with Gasteiger partial charge in [-0.2, -0.15) is 11.8 Å². The van der Waals surface area contributed by atoms with E-state index in [9.17, 15) is 0 Å². The third-order valence-corrected chi connectivity index (χ3v) is 3.12. The highest BCUT2D eigenvalue weighted by Gasteiger charge is 2.00. The number of rotatable bonds is 4. The quantitative estimate of drug-likeness (QED) is 0.784. The molecule has 0 saturated carbocycles. The van der Waals surface area contributed by atoms with Gasteiger partial charge < -0.3 is 5.32 Å². The van der Waals surface area contributed by atoms with Crippen LogP contribution in [0.1, 0.15) is 11.9 Å². The summed E-state index contributed by atoms with van der Waals surface area (Å²) in [6, 6.07) is 0. The minimum atomic E-state index is 0.900. The molecule has 0 aromatic carbocycles. The van der Waals surface area contributed by atoms with Crippen molar-refractivity contribution in [3.63, 3.8) is 0 Å². The zero-order valence-electron chi connectivity index (χ0n) is 6.63. The van der Waals surface area contributed by atoms with E-state index in [1.807, 2.05) is 18.8 Å². The first kappa shape index (κ1) is 8.80. The van der Waals surface area contributed by atoms with Crippen LogP contribution < -0.4 is 5.32 Å². The number of anilines is 1. The Balaban J connectivity index is 2.44. The van der Waals surface area contributed by atoms with Gasteiger partial charge in [0.05, 0.1) is 0 Å². The van der Waals surface area contributed by atoms with Crippen LogP contribution in [0.25, 0.3) is 0 Å². The predicted octanol–water partition coefficient (Wildman–Crippen LogP) is 1.83. The predicted molar refractivity (Wildman–Crippen MR) is 51.3 cm³/mol. The maximum absolute atomic E-state index is 4.01. The largest absolute Gasteiger partial charge is 0.363 e. The van der Waals surface area contributed by atoms with Crippen LogP contribution >= 0.6 is 23.1 Å². The van der Waals surface area contributed by atoms with Crippen molar-refractivity contribution in [1.29, 1.82) is 0 Å². The smallest absolute Gasteiger partial charge is 0.205 e. The maximum Gasteiger partial charge on any atom is 0.205 e. The number of hydrogen-bond acceptors (Lipinski definition) is 5. The Morgan fingerprint density at radius 3 is 2.91 bits per heavy atom. The summed E-state index contributed by atoms with van der Waals surface area (Å²) in [5.41, 5.74) is 0. The Morgan fingerprint density at radius 2 is 2.36 bits per heavy atom. The average molecular weight is 189 g/mol. The zero-order chi connectivity index (χ0) is 8.10. The molecule has 0 atom stereocenters. The van der Waals surface area contributed by atoms with Crippen molar-refractivity contribution >= 4 is 28.2 Å². The van der Waals surface area contributed by atoms with E-state index in [0.29, 0.717) is 0 Å². The molecule has 0 bridgehead atoms. The number of hydrogen-bond donors (Lipinski definition) is 1.